The summed E-state index contributed by atoms with van der Waals surface area (Å²) in [5.41, 5.74) is 7.11. The third-order valence-corrected chi connectivity index (χ3v) is 3.51. The lowest BCUT2D eigenvalue weighted by Crippen LogP contribution is -2.40. The molecule has 0 bridgehead atoms. The molecule has 0 radical (unpaired) electrons. The summed E-state index contributed by atoms with van der Waals surface area (Å²) < 4.78 is 5.44. The normalized spacial score (nSPS) is 22.4. The first-order chi connectivity index (χ1) is 9.15. The van der Waals surface area contributed by atoms with Crippen molar-refractivity contribution in [2.24, 2.45) is 5.92 Å². The maximum atomic E-state index is 12.6. The summed E-state index contributed by atoms with van der Waals surface area (Å²) in [4.78, 5) is 14.1. The molecule has 5 nitrogen and oxygen atoms in total. The Morgan fingerprint density at radius 1 is 1.53 bits per heavy atom. The maximum absolute atomic E-state index is 12.6. The van der Waals surface area contributed by atoms with Gasteiger partial charge in [0, 0.05) is 13.2 Å². The molecular weight excluding hydrogens is 244 g/mol. The standard InChI is InChI=1S/C14H20N2O3/c1-10-11(6-9-19-10)14(18)16(7-8-17)13-5-3-2-4-12(13)15/h2-5,10-11,17H,6-9,15H2,1H3. The van der Waals surface area contributed by atoms with E-state index in [1.54, 1.807) is 17.0 Å². The number of nitrogens with zero attached hydrogens (tertiary/aromatic N) is 1. The molecule has 0 saturated carbocycles. The van der Waals surface area contributed by atoms with Gasteiger partial charge in [0.05, 0.1) is 30.0 Å². The number of benzene rings is 1. The van der Waals surface area contributed by atoms with Crippen LogP contribution in [0.2, 0.25) is 0 Å². The first kappa shape index (κ1) is 13.8. The molecule has 1 amide bonds. The van der Waals surface area contributed by atoms with Crippen LogP contribution in [-0.4, -0.2) is 36.9 Å². The molecule has 5 heteroatoms. The summed E-state index contributed by atoms with van der Waals surface area (Å²) in [6.45, 7) is 2.66. The summed E-state index contributed by atoms with van der Waals surface area (Å²) in [5, 5.41) is 9.18. The molecule has 1 heterocycles. The number of amides is 1. The number of hydrogen-bond acceptors (Lipinski definition) is 4. The van der Waals surface area contributed by atoms with Gasteiger partial charge in [-0.05, 0) is 25.5 Å². The van der Waals surface area contributed by atoms with Crippen molar-refractivity contribution in [2.45, 2.75) is 19.4 Å². The Kier molecular flexibility index (Phi) is 4.39. The van der Waals surface area contributed by atoms with Gasteiger partial charge in [0.1, 0.15) is 0 Å². The van der Waals surface area contributed by atoms with E-state index in [0.717, 1.165) is 0 Å². The van der Waals surface area contributed by atoms with Crippen molar-refractivity contribution in [3.8, 4) is 0 Å². The van der Waals surface area contributed by atoms with E-state index in [4.69, 9.17) is 10.5 Å². The highest BCUT2D eigenvalue weighted by Gasteiger charge is 2.34. The second-order valence-electron chi connectivity index (χ2n) is 4.74. The van der Waals surface area contributed by atoms with Gasteiger partial charge in [0.15, 0.2) is 0 Å². The number of aliphatic hydroxyl groups is 1. The van der Waals surface area contributed by atoms with E-state index in [-0.39, 0.29) is 31.1 Å². The highest BCUT2D eigenvalue weighted by Crippen LogP contribution is 2.28. The van der Waals surface area contributed by atoms with E-state index >= 15 is 0 Å². The topological polar surface area (TPSA) is 75.8 Å². The number of carbonyl (C=O) groups is 1. The molecule has 1 aromatic rings. The van der Waals surface area contributed by atoms with E-state index in [9.17, 15) is 9.90 Å². The van der Waals surface area contributed by atoms with Gasteiger partial charge in [-0.15, -0.1) is 0 Å². The van der Waals surface area contributed by atoms with Crippen molar-refractivity contribution in [3.63, 3.8) is 0 Å². The van der Waals surface area contributed by atoms with E-state index in [0.29, 0.717) is 24.4 Å². The minimum Gasteiger partial charge on any atom is -0.397 e. The molecule has 2 atom stereocenters. The first-order valence-corrected chi connectivity index (χ1v) is 6.53. The number of nitrogen functional groups attached to an aromatic ring is 1. The third kappa shape index (κ3) is 2.88. The summed E-state index contributed by atoms with van der Waals surface area (Å²) >= 11 is 0. The highest BCUT2D eigenvalue weighted by molar-refractivity contribution is 5.98. The van der Waals surface area contributed by atoms with Crippen molar-refractivity contribution in [1.29, 1.82) is 0 Å². The lowest BCUT2D eigenvalue weighted by molar-refractivity contribution is -0.123. The number of aliphatic hydroxyl groups excluding tert-OH is 1. The number of para-hydroxylation sites is 2. The van der Waals surface area contributed by atoms with Gasteiger partial charge in [-0.2, -0.15) is 0 Å². The average molecular weight is 264 g/mol. The lowest BCUT2D eigenvalue weighted by atomic mass is 10.0. The van der Waals surface area contributed by atoms with Crippen LogP contribution in [0.4, 0.5) is 11.4 Å². The Morgan fingerprint density at radius 2 is 2.26 bits per heavy atom. The minimum atomic E-state index is -0.161. The van der Waals surface area contributed by atoms with Gasteiger partial charge < -0.3 is 20.5 Å². The monoisotopic (exact) mass is 264 g/mol. The smallest absolute Gasteiger partial charge is 0.232 e. The molecule has 1 aliphatic heterocycles. The van der Waals surface area contributed by atoms with Crippen molar-refractivity contribution in [2.75, 3.05) is 30.4 Å². The average Bonchev–Trinajstić information content (AvgIpc) is 2.82. The number of nitrogens with two attached hydrogens (primary N) is 1. The minimum absolute atomic E-state index is 0.0306. The molecule has 104 valence electrons. The third-order valence-electron chi connectivity index (χ3n) is 3.51. The van der Waals surface area contributed by atoms with Crippen molar-refractivity contribution >= 4 is 17.3 Å². The Balaban J connectivity index is 2.25. The molecule has 1 fully saturated rings. The van der Waals surface area contributed by atoms with Crippen molar-refractivity contribution in [3.05, 3.63) is 24.3 Å². The molecule has 2 unspecified atom stereocenters. The largest absolute Gasteiger partial charge is 0.397 e. The number of hydrogen-bond donors (Lipinski definition) is 2. The van der Waals surface area contributed by atoms with Crippen molar-refractivity contribution < 1.29 is 14.6 Å². The lowest BCUT2D eigenvalue weighted by Gasteiger charge is -2.27. The number of carbonyl (C=O) groups excluding carboxylic acids is 1. The van der Waals surface area contributed by atoms with Crippen LogP contribution < -0.4 is 10.6 Å². The Morgan fingerprint density at radius 3 is 2.84 bits per heavy atom. The molecule has 1 saturated heterocycles. The number of rotatable bonds is 4. The molecule has 2 rings (SSSR count). The van der Waals surface area contributed by atoms with Crippen LogP contribution in [0, 0.1) is 5.92 Å². The Labute approximate surface area is 113 Å². The first-order valence-electron chi connectivity index (χ1n) is 6.53. The predicted octanol–water partition coefficient (Wildman–Crippen LogP) is 1.02. The summed E-state index contributed by atoms with van der Waals surface area (Å²) in [6.07, 6.45) is 0.632. The Hall–Kier alpha value is -1.59. The zero-order chi connectivity index (χ0) is 13.8. The van der Waals surface area contributed by atoms with Crippen LogP contribution in [-0.2, 0) is 9.53 Å². The van der Waals surface area contributed by atoms with Crippen LogP contribution in [0.25, 0.3) is 0 Å². The summed E-state index contributed by atoms with van der Waals surface area (Å²) in [6, 6.07) is 7.20. The van der Waals surface area contributed by atoms with Gasteiger partial charge in [0.2, 0.25) is 5.91 Å². The van der Waals surface area contributed by atoms with E-state index in [2.05, 4.69) is 0 Å². The number of ether oxygens (including phenoxy) is 1. The predicted molar refractivity (Wildman–Crippen MR) is 73.8 cm³/mol. The molecule has 0 aliphatic carbocycles. The van der Waals surface area contributed by atoms with Gasteiger partial charge in [-0.25, -0.2) is 0 Å². The van der Waals surface area contributed by atoms with Crippen LogP contribution in [0.5, 0.6) is 0 Å². The van der Waals surface area contributed by atoms with Crippen molar-refractivity contribution in [1.82, 2.24) is 0 Å². The molecule has 19 heavy (non-hydrogen) atoms. The quantitative estimate of drug-likeness (QED) is 0.796. The van der Waals surface area contributed by atoms with E-state index < -0.39 is 0 Å². The molecule has 0 spiro atoms. The molecule has 0 aromatic heterocycles. The fourth-order valence-corrected chi connectivity index (χ4v) is 2.44. The zero-order valence-electron chi connectivity index (χ0n) is 11.1. The highest BCUT2D eigenvalue weighted by atomic mass is 16.5. The van der Waals surface area contributed by atoms with Gasteiger partial charge in [0.25, 0.3) is 0 Å². The van der Waals surface area contributed by atoms with Gasteiger partial charge >= 0.3 is 0 Å². The zero-order valence-corrected chi connectivity index (χ0v) is 11.1. The SMILES string of the molecule is CC1OCCC1C(=O)N(CCO)c1ccccc1N. The molecular formula is C14H20N2O3. The maximum Gasteiger partial charge on any atom is 0.232 e. The Bertz CT molecular complexity index is 450. The fraction of sp³-hybridized carbons (Fsp3) is 0.500. The van der Waals surface area contributed by atoms with Gasteiger partial charge in [-0.1, -0.05) is 12.1 Å². The molecule has 1 aromatic carbocycles. The second kappa shape index (κ2) is 6.04. The second-order valence-corrected chi connectivity index (χ2v) is 4.74. The fourth-order valence-electron chi connectivity index (χ4n) is 2.44. The summed E-state index contributed by atoms with van der Waals surface area (Å²) in [5.74, 6) is -0.192. The number of anilines is 2. The summed E-state index contributed by atoms with van der Waals surface area (Å²) in [7, 11) is 0. The van der Waals surface area contributed by atoms with E-state index in [1.807, 2.05) is 19.1 Å². The molecule has 3 N–H and O–H groups in total. The van der Waals surface area contributed by atoms with Gasteiger partial charge in [-0.3, -0.25) is 4.79 Å². The van der Waals surface area contributed by atoms with Crippen LogP contribution in [0.15, 0.2) is 24.3 Å². The molecule has 1 aliphatic rings. The van der Waals surface area contributed by atoms with Crippen LogP contribution in [0.1, 0.15) is 13.3 Å². The van der Waals surface area contributed by atoms with Crippen LogP contribution in [0.3, 0.4) is 0 Å². The van der Waals surface area contributed by atoms with E-state index in [1.165, 1.54) is 0 Å². The van der Waals surface area contributed by atoms with Crippen LogP contribution >= 0.6 is 0 Å².